The van der Waals surface area contributed by atoms with Crippen LogP contribution in [0, 0.1) is 0 Å². The predicted octanol–water partition coefficient (Wildman–Crippen LogP) is 1.10. The van der Waals surface area contributed by atoms with Gasteiger partial charge in [-0.3, -0.25) is 0 Å². The van der Waals surface area contributed by atoms with Crippen molar-refractivity contribution in [2.45, 2.75) is 32.7 Å². The molecule has 0 radical (unpaired) electrons. The molecule has 0 unspecified atom stereocenters. The topological polar surface area (TPSA) is 86.4 Å². The van der Waals surface area contributed by atoms with Crippen LogP contribution in [-0.2, 0) is 4.74 Å². The minimum Gasteiger partial charge on any atom is -0.467 e. The van der Waals surface area contributed by atoms with E-state index in [0.29, 0.717) is 25.1 Å². The van der Waals surface area contributed by atoms with Crippen molar-refractivity contribution in [2.75, 3.05) is 38.0 Å². The molecule has 0 bridgehead atoms. The Bertz CT molecular complexity index is 384. The maximum Gasteiger partial charge on any atom is 0.322 e. The van der Waals surface area contributed by atoms with Crippen molar-refractivity contribution >= 4 is 11.9 Å². The van der Waals surface area contributed by atoms with Crippen molar-refractivity contribution in [3.63, 3.8) is 0 Å². The van der Waals surface area contributed by atoms with Crippen molar-refractivity contribution in [3.05, 3.63) is 0 Å². The molecule has 0 atom stereocenters. The first kappa shape index (κ1) is 15.4. The van der Waals surface area contributed by atoms with E-state index in [2.05, 4.69) is 33.7 Å². The Hall–Kier alpha value is -1.63. The number of hydrogen-bond donors (Lipinski definition) is 1. The van der Waals surface area contributed by atoms with Crippen LogP contribution >= 0.6 is 0 Å². The Balaban J connectivity index is 3.04. The summed E-state index contributed by atoms with van der Waals surface area (Å²) in [7, 11) is 3.18. The van der Waals surface area contributed by atoms with Gasteiger partial charge in [-0.05, 0) is 12.8 Å². The number of nitrogens with zero attached hydrogens (tertiary/aromatic N) is 4. The number of nitrogens with two attached hydrogens (primary N) is 1. The summed E-state index contributed by atoms with van der Waals surface area (Å²) >= 11 is 0. The molecule has 0 amide bonds. The van der Waals surface area contributed by atoms with E-state index in [9.17, 15) is 0 Å². The first-order chi connectivity index (χ1) is 9.15. The first-order valence-corrected chi connectivity index (χ1v) is 6.47. The largest absolute Gasteiger partial charge is 0.467 e. The molecule has 0 aliphatic carbocycles. The van der Waals surface area contributed by atoms with E-state index in [0.717, 1.165) is 12.8 Å². The Morgan fingerprint density at radius 1 is 1.16 bits per heavy atom. The van der Waals surface area contributed by atoms with Gasteiger partial charge in [0.1, 0.15) is 0 Å². The fourth-order valence-electron chi connectivity index (χ4n) is 1.95. The highest BCUT2D eigenvalue weighted by Crippen LogP contribution is 2.18. The maximum atomic E-state index is 5.68. The van der Waals surface area contributed by atoms with Crippen LogP contribution in [-0.4, -0.2) is 48.4 Å². The lowest BCUT2D eigenvalue weighted by Gasteiger charge is -2.30. The normalized spacial score (nSPS) is 10.8. The smallest absolute Gasteiger partial charge is 0.322 e. The van der Waals surface area contributed by atoms with Crippen molar-refractivity contribution in [2.24, 2.45) is 0 Å². The van der Waals surface area contributed by atoms with Crippen molar-refractivity contribution < 1.29 is 9.47 Å². The third-order valence-corrected chi connectivity index (χ3v) is 2.98. The lowest BCUT2D eigenvalue weighted by Crippen LogP contribution is -2.38. The van der Waals surface area contributed by atoms with E-state index in [1.165, 1.54) is 7.11 Å². The van der Waals surface area contributed by atoms with E-state index >= 15 is 0 Å². The van der Waals surface area contributed by atoms with Gasteiger partial charge in [0.05, 0.1) is 13.7 Å². The molecule has 1 rings (SSSR count). The highest BCUT2D eigenvalue weighted by molar-refractivity contribution is 5.37. The fourth-order valence-corrected chi connectivity index (χ4v) is 1.95. The standard InChI is InChI=1S/C12H23N5O2/c1-5-9(6-2)17(7-8-18-3)11-14-10(13)15-12(16-11)19-4/h9H,5-8H2,1-4H3,(H2,13,14,15,16). The van der Waals surface area contributed by atoms with Crippen LogP contribution in [0.2, 0.25) is 0 Å². The number of ether oxygens (including phenoxy) is 2. The molecule has 19 heavy (non-hydrogen) atoms. The van der Waals surface area contributed by atoms with Gasteiger partial charge in [0.25, 0.3) is 0 Å². The van der Waals surface area contributed by atoms with Gasteiger partial charge < -0.3 is 20.1 Å². The Kier molecular flexibility index (Phi) is 6.27. The number of nitrogen functional groups attached to an aromatic ring is 1. The van der Waals surface area contributed by atoms with Crippen LogP contribution < -0.4 is 15.4 Å². The SMILES string of the molecule is CCC(CC)N(CCOC)c1nc(N)nc(OC)n1. The van der Waals surface area contributed by atoms with Crippen molar-refractivity contribution in [3.8, 4) is 6.01 Å². The van der Waals surface area contributed by atoms with Crippen LogP contribution in [0.1, 0.15) is 26.7 Å². The summed E-state index contributed by atoms with van der Waals surface area (Å²) in [5, 5.41) is 0. The highest BCUT2D eigenvalue weighted by atomic mass is 16.5. The molecule has 1 heterocycles. The number of methoxy groups -OCH3 is 2. The number of hydrogen-bond acceptors (Lipinski definition) is 7. The van der Waals surface area contributed by atoms with Gasteiger partial charge in [0, 0.05) is 19.7 Å². The molecular formula is C12H23N5O2. The average Bonchev–Trinajstić information content (AvgIpc) is 2.42. The predicted molar refractivity (Wildman–Crippen MR) is 74.4 cm³/mol. The lowest BCUT2D eigenvalue weighted by molar-refractivity contribution is 0.202. The molecule has 2 N–H and O–H groups in total. The summed E-state index contributed by atoms with van der Waals surface area (Å²) in [5.41, 5.74) is 5.68. The second-order valence-electron chi connectivity index (χ2n) is 4.14. The van der Waals surface area contributed by atoms with Crippen molar-refractivity contribution in [1.82, 2.24) is 15.0 Å². The number of aromatic nitrogens is 3. The van der Waals surface area contributed by atoms with Gasteiger partial charge in [0.2, 0.25) is 11.9 Å². The van der Waals surface area contributed by atoms with E-state index in [4.69, 9.17) is 15.2 Å². The monoisotopic (exact) mass is 269 g/mol. The fraction of sp³-hybridized carbons (Fsp3) is 0.750. The molecule has 108 valence electrons. The van der Waals surface area contributed by atoms with Gasteiger partial charge in [-0.1, -0.05) is 13.8 Å². The highest BCUT2D eigenvalue weighted by Gasteiger charge is 2.19. The summed E-state index contributed by atoms with van der Waals surface area (Å²) in [6.07, 6.45) is 1.99. The van der Waals surface area contributed by atoms with Crippen LogP contribution in [0.3, 0.4) is 0 Å². The molecule has 7 heteroatoms. The molecule has 1 aromatic heterocycles. The third-order valence-electron chi connectivity index (χ3n) is 2.98. The quantitative estimate of drug-likeness (QED) is 0.756. The zero-order valence-electron chi connectivity index (χ0n) is 12.1. The summed E-state index contributed by atoms with van der Waals surface area (Å²) in [6, 6.07) is 0.567. The zero-order chi connectivity index (χ0) is 14.3. The summed E-state index contributed by atoms with van der Waals surface area (Å²) < 4.78 is 10.2. The molecule has 7 nitrogen and oxygen atoms in total. The Morgan fingerprint density at radius 2 is 1.84 bits per heavy atom. The van der Waals surface area contributed by atoms with Crippen LogP contribution in [0.4, 0.5) is 11.9 Å². The summed E-state index contributed by atoms with van der Waals surface area (Å²) in [6.45, 7) is 5.57. The minimum absolute atomic E-state index is 0.162. The van der Waals surface area contributed by atoms with Crippen LogP contribution in [0.15, 0.2) is 0 Å². The molecule has 0 saturated heterocycles. The van der Waals surface area contributed by atoms with E-state index in [1.807, 2.05) is 0 Å². The van der Waals surface area contributed by atoms with Gasteiger partial charge in [-0.25, -0.2) is 0 Å². The van der Waals surface area contributed by atoms with Crippen LogP contribution in [0.5, 0.6) is 6.01 Å². The summed E-state index contributed by atoms with van der Waals surface area (Å²) in [5.74, 6) is 0.699. The average molecular weight is 269 g/mol. The molecule has 0 fully saturated rings. The molecule has 0 aliphatic heterocycles. The molecule has 1 aromatic rings. The van der Waals surface area contributed by atoms with Crippen LogP contribution in [0.25, 0.3) is 0 Å². The van der Waals surface area contributed by atoms with Gasteiger partial charge in [-0.15, -0.1) is 0 Å². The maximum absolute atomic E-state index is 5.68. The van der Waals surface area contributed by atoms with E-state index in [1.54, 1.807) is 7.11 Å². The van der Waals surface area contributed by atoms with Gasteiger partial charge in [0.15, 0.2) is 0 Å². The Labute approximate surface area is 114 Å². The second kappa shape index (κ2) is 7.73. The number of anilines is 2. The second-order valence-corrected chi connectivity index (χ2v) is 4.14. The van der Waals surface area contributed by atoms with E-state index in [-0.39, 0.29) is 12.0 Å². The van der Waals surface area contributed by atoms with Gasteiger partial charge >= 0.3 is 6.01 Å². The Morgan fingerprint density at radius 3 is 2.37 bits per heavy atom. The first-order valence-electron chi connectivity index (χ1n) is 6.47. The van der Waals surface area contributed by atoms with E-state index < -0.39 is 0 Å². The molecule has 0 saturated carbocycles. The zero-order valence-corrected chi connectivity index (χ0v) is 12.1. The molecular weight excluding hydrogens is 246 g/mol. The molecule has 0 aliphatic rings. The third kappa shape index (κ3) is 4.20. The molecule has 0 spiro atoms. The van der Waals surface area contributed by atoms with Gasteiger partial charge in [-0.2, -0.15) is 15.0 Å². The van der Waals surface area contributed by atoms with Crippen molar-refractivity contribution in [1.29, 1.82) is 0 Å². The molecule has 0 aromatic carbocycles. The number of rotatable bonds is 8. The summed E-state index contributed by atoms with van der Waals surface area (Å²) in [4.78, 5) is 14.5. The minimum atomic E-state index is 0.162. The lowest BCUT2D eigenvalue weighted by atomic mass is 10.1.